The second-order valence-corrected chi connectivity index (χ2v) is 2.89. The van der Waals surface area contributed by atoms with Crippen molar-refractivity contribution in [2.24, 2.45) is 0 Å². The Morgan fingerprint density at radius 2 is 1.90 bits per heavy atom. The molecule has 0 N–H and O–H groups in total. The number of nitrogens with zero attached hydrogens (tertiary/aromatic N) is 1. The Hall–Kier alpha value is -0.725. The Kier molecular flexibility index (Phi) is 1.83. The van der Waals surface area contributed by atoms with Crippen LogP contribution in [0, 0.1) is 13.8 Å². The SMILES string of the molecule is CB(C)c1c(C)noc1C. The molecule has 0 aliphatic heterocycles. The van der Waals surface area contributed by atoms with Crippen molar-refractivity contribution in [3.8, 4) is 0 Å². The molecule has 1 aromatic rings. The molecule has 0 aromatic carbocycles. The highest BCUT2D eigenvalue weighted by atomic mass is 16.5. The van der Waals surface area contributed by atoms with Crippen LogP contribution >= 0.6 is 0 Å². The molecule has 1 aromatic heterocycles. The van der Waals surface area contributed by atoms with E-state index < -0.39 is 0 Å². The van der Waals surface area contributed by atoms with Gasteiger partial charge in [-0.25, -0.2) is 0 Å². The highest BCUT2D eigenvalue weighted by molar-refractivity contribution is 6.71. The monoisotopic (exact) mass is 137 g/mol. The third-order valence-electron chi connectivity index (χ3n) is 1.67. The third-order valence-corrected chi connectivity index (χ3v) is 1.67. The summed E-state index contributed by atoms with van der Waals surface area (Å²) in [4.78, 5) is 0. The van der Waals surface area contributed by atoms with Gasteiger partial charge in [0, 0.05) is 0 Å². The van der Waals surface area contributed by atoms with Crippen molar-refractivity contribution < 1.29 is 4.52 Å². The van der Waals surface area contributed by atoms with Gasteiger partial charge in [0.1, 0.15) is 5.76 Å². The zero-order valence-corrected chi connectivity index (χ0v) is 6.93. The summed E-state index contributed by atoms with van der Waals surface area (Å²) < 4.78 is 5.01. The maximum Gasteiger partial charge on any atom is 0.176 e. The minimum Gasteiger partial charge on any atom is -0.362 e. The maximum absolute atomic E-state index is 5.01. The molecule has 1 rings (SSSR count). The van der Waals surface area contributed by atoms with Gasteiger partial charge < -0.3 is 4.52 Å². The molecule has 0 spiro atoms. The largest absolute Gasteiger partial charge is 0.362 e. The predicted octanol–water partition coefficient (Wildman–Crippen LogP) is 1.25. The summed E-state index contributed by atoms with van der Waals surface area (Å²) in [7, 11) is 0. The first-order chi connectivity index (χ1) is 4.63. The zero-order valence-electron chi connectivity index (χ0n) is 6.93. The molecule has 0 amide bonds. The summed E-state index contributed by atoms with van der Waals surface area (Å²) in [6.07, 6.45) is 0. The summed E-state index contributed by atoms with van der Waals surface area (Å²) in [5, 5.41) is 3.86. The van der Waals surface area contributed by atoms with Gasteiger partial charge in [0.25, 0.3) is 0 Å². The highest BCUT2D eigenvalue weighted by Gasteiger charge is 2.13. The molecule has 1 heterocycles. The molecular formula is C7H12BNO. The molecule has 0 saturated heterocycles. The van der Waals surface area contributed by atoms with Crippen molar-refractivity contribution in [3.05, 3.63) is 11.5 Å². The first-order valence-corrected chi connectivity index (χ1v) is 3.55. The Morgan fingerprint density at radius 3 is 2.10 bits per heavy atom. The van der Waals surface area contributed by atoms with Crippen molar-refractivity contribution in [1.29, 1.82) is 0 Å². The fourth-order valence-electron chi connectivity index (χ4n) is 1.31. The van der Waals surface area contributed by atoms with Crippen LogP contribution in [-0.2, 0) is 0 Å². The first-order valence-electron chi connectivity index (χ1n) is 3.55. The van der Waals surface area contributed by atoms with Crippen molar-refractivity contribution >= 4 is 12.2 Å². The lowest BCUT2D eigenvalue weighted by Gasteiger charge is -1.97. The van der Waals surface area contributed by atoms with E-state index in [0.717, 1.165) is 11.5 Å². The van der Waals surface area contributed by atoms with Crippen LogP contribution in [0.5, 0.6) is 0 Å². The lowest BCUT2D eigenvalue weighted by Crippen LogP contribution is -2.25. The standard InChI is InChI=1S/C7H12BNO/c1-5-7(8(3)4)6(2)10-9-5/h1-4H3. The van der Waals surface area contributed by atoms with Crippen LogP contribution in [0.1, 0.15) is 11.5 Å². The number of rotatable bonds is 1. The summed E-state index contributed by atoms with van der Waals surface area (Å²) >= 11 is 0. The Morgan fingerprint density at radius 1 is 1.30 bits per heavy atom. The fraction of sp³-hybridized carbons (Fsp3) is 0.571. The predicted molar refractivity (Wildman–Crippen MR) is 43.1 cm³/mol. The minimum atomic E-state index is 0.520. The third kappa shape index (κ3) is 1.08. The van der Waals surface area contributed by atoms with Crippen molar-refractivity contribution in [1.82, 2.24) is 5.16 Å². The van der Waals surface area contributed by atoms with Gasteiger partial charge in [0.2, 0.25) is 0 Å². The molecule has 54 valence electrons. The van der Waals surface area contributed by atoms with E-state index in [1.807, 2.05) is 13.8 Å². The van der Waals surface area contributed by atoms with Gasteiger partial charge in [-0.1, -0.05) is 18.8 Å². The van der Waals surface area contributed by atoms with E-state index in [1.54, 1.807) is 0 Å². The second kappa shape index (κ2) is 2.49. The van der Waals surface area contributed by atoms with Crippen molar-refractivity contribution in [3.63, 3.8) is 0 Å². The number of hydrogen-bond acceptors (Lipinski definition) is 2. The maximum atomic E-state index is 5.01. The van der Waals surface area contributed by atoms with Gasteiger partial charge in [-0.3, -0.25) is 0 Å². The number of aryl methyl sites for hydroxylation is 2. The average molecular weight is 137 g/mol. The lowest BCUT2D eigenvalue weighted by molar-refractivity contribution is 0.394. The van der Waals surface area contributed by atoms with Crippen molar-refractivity contribution in [2.45, 2.75) is 27.5 Å². The molecule has 0 aliphatic carbocycles. The molecule has 0 fully saturated rings. The molecule has 3 heteroatoms. The van der Waals surface area contributed by atoms with Crippen LogP contribution in [0.15, 0.2) is 4.52 Å². The van der Waals surface area contributed by atoms with E-state index in [1.165, 1.54) is 5.46 Å². The van der Waals surface area contributed by atoms with E-state index in [-0.39, 0.29) is 0 Å². The van der Waals surface area contributed by atoms with Gasteiger partial charge in [-0.15, -0.1) is 0 Å². The Balaban J connectivity index is 3.10. The summed E-state index contributed by atoms with van der Waals surface area (Å²) in [5.41, 5.74) is 2.27. The second-order valence-electron chi connectivity index (χ2n) is 2.89. The Bertz CT molecular complexity index is 210. The van der Waals surface area contributed by atoms with Gasteiger partial charge in [0.05, 0.1) is 5.69 Å². The fourth-order valence-corrected chi connectivity index (χ4v) is 1.31. The van der Waals surface area contributed by atoms with Crippen LogP contribution in [0.4, 0.5) is 0 Å². The molecule has 2 nitrogen and oxygen atoms in total. The van der Waals surface area contributed by atoms with Crippen LogP contribution in [0.25, 0.3) is 0 Å². The van der Waals surface area contributed by atoms with Gasteiger partial charge in [0.15, 0.2) is 6.71 Å². The van der Waals surface area contributed by atoms with E-state index in [2.05, 4.69) is 18.8 Å². The van der Waals surface area contributed by atoms with E-state index >= 15 is 0 Å². The normalized spacial score (nSPS) is 10.0. The van der Waals surface area contributed by atoms with Crippen LogP contribution < -0.4 is 5.46 Å². The molecule has 0 saturated carbocycles. The number of aromatic nitrogens is 1. The molecule has 10 heavy (non-hydrogen) atoms. The molecule has 0 bridgehead atoms. The number of hydrogen-bond donors (Lipinski definition) is 0. The van der Waals surface area contributed by atoms with E-state index in [0.29, 0.717) is 6.71 Å². The summed E-state index contributed by atoms with van der Waals surface area (Å²) in [5.74, 6) is 0.951. The lowest BCUT2D eigenvalue weighted by atomic mass is 9.49. The molecule has 0 aliphatic rings. The Labute approximate surface area is 61.7 Å². The van der Waals surface area contributed by atoms with E-state index in [9.17, 15) is 0 Å². The van der Waals surface area contributed by atoms with Crippen LogP contribution in [0.3, 0.4) is 0 Å². The quantitative estimate of drug-likeness (QED) is 0.544. The van der Waals surface area contributed by atoms with Crippen LogP contribution in [-0.4, -0.2) is 11.9 Å². The summed E-state index contributed by atoms with van der Waals surface area (Å²) in [6, 6.07) is 0. The zero-order chi connectivity index (χ0) is 7.72. The molecule has 0 atom stereocenters. The van der Waals surface area contributed by atoms with Crippen molar-refractivity contribution in [2.75, 3.05) is 0 Å². The summed E-state index contributed by atoms with van der Waals surface area (Å²) in [6.45, 7) is 8.74. The average Bonchev–Trinajstić information content (AvgIpc) is 2.11. The van der Waals surface area contributed by atoms with Gasteiger partial charge >= 0.3 is 0 Å². The molecule has 0 radical (unpaired) electrons. The highest BCUT2D eigenvalue weighted by Crippen LogP contribution is 1.99. The van der Waals surface area contributed by atoms with Crippen LogP contribution in [0.2, 0.25) is 13.6 Å². The topological polar surface area (TPSA) is 26.0 Å². The first kappa shape index (κ1) is 7.38. The van der Waals surface area contributed by atoms with E-state index in [4.69, 9.17) is 4.52 Å². The van der Waals surface area contributed by atoms with Gasteiger partial charge in [-0.2, -0.15) is 0 Å². The molecular weight excluding hydrogens is 125 g/mol. The smallest absolute Gasteiger partial charge is 0.176 e. The van der Waals surface area contributed by atoms with Gasteiger partial charge in [-0.05, 0) is 19.3 Å². The minimum absolute atomic E-state index is 0.520. The molecule has 0 unspecified atom stereocenters.